The average Bonchev–Trinajstić information content (AvgIpc) is 3.35. The third-order valence-electron chi connectivity index (χ3n) is 3.68. The number of ether oxygens (including phenoxy) is 2. The molecule has 1 aliphatic rings. The first-order valence-electron chi connectivity index (χ1n) is 7.09. The summed E-state index contributed by atoms with van der Waals surface area (Å²) in [4.78, 5) is 2.36. The second kappa shape index (κ2) is 7.17. The number of amidine groups is 1. The molecule has 6 nitrogen and oxygen atoms in total. The first-order valence-corrected chi connectivity index (χ1v) is 7.09. The van der Waals surface area contributed by atoms with E-state index >= 15 is 0 Å². The summed E-state index contributed by atoms with van der Waals surface area (Å²) < 4.78 is 10.6. The highest BCUT2D eigenvalue weighted by Gasteiger charge is 2.28. The molecule has 1 aromatic rings. The van der Waals surface area contributed by atoms with Gasteiger partial charge in [-0.1, -0.05) is 11.2 Å². The maximum Gasteiger partial charge on any atom is 0.161 e. The fourth-order valence-corrected chi connectivity index (χ4v) is 2.35. The molecule has 0 spiro atoms. The number of hydrogen-bond acceptors (Lipinski definition) is 5. The Labute approximate surface area is 125 Å². The third kappa shape index (κ3) is 4.26. The van der Waals surface area contributed by atoms with Gasteiger partial charge in [0.15, 0.2) is 11.5 Å². The number of hydrogen-bond donors (Lipinski definition) is 2. The Morgan fingerprint density at radius 3 is 2.62 bits per heavy atom. The van der Waals surface area contributed by atoms with E-state index in [9.17, 15) is 0 Å². The van der Waals surface area contributed by atoms with Crippen LogP contribution < -0.4 is 15.2 Å². The third-order valence-corrected chi connectivity index (χ3v) is 3.68. The minimum Gasteiger partial charge on any atom is -0.493 e. The standard InChI is InChI=1S/C15H23N3O3/c1-20-13-6-3-11(9-14(13)21-2)10-18(12-4-5-12)8-7-15(16)17-19/h3,6,9,12,19H,4-5,7-8,10H2,1-2H3,(H2,16,17). The van der Waals surface area contributed by atoms with Crippen LogP contribution in [-0.4, -0.2) is 42.7 Å². The summed E-state index contributed by atoms with van der Waals surface area (Å²) >= 11 is 0. The first kappa shape index (κ1) is 15.4. The summed E-state index contributed by atoms with van der Waals surface area (Å²) in [5.74, 6) is 1.74. The zero-order valence-corrected chi connectivity index (χ0v) is 12.6. The van der Waals surface area contributed by atoms with Gasteiger partial charge in [0.05, 0.1) is 14.2 Å². The van der Waals surface area contributed by atoms with Crippen LogP contribution in [0, 0.1) is 0 Å². The molecule has 0 radical (unpaired) electrons. The molecule has 6 heteroatoms. The van der Waals surface area contributed by atoms with Crippen LogP contribution in [-0.2, 0) is 6.54 Å². The van der Waals surface area contributed by atoms with Crippen LogP contribution >= 0.6 is 0 Å². The maximum absolute atomic E-state index is 8.63. The Morgan fingerprint density at radius 1 is 1.33 bits per heavy atom. The Hall–Kier alpha value is -1.95. The monoisotopic (exact) mass is 293 g/mol. The van der Waals surface area contributed by atoms with E-state index in [1.807, 2.05) is 18.2 Å². The lowest BCUT2D eigenvalue weighted by molar-refractivity contribution is 0.259. The van der Waals surface area contributed by atoms with Gasteiger partial charge in [0.2, 0.25) is 0 Å². The van der Waals surface area contributed by atoms with E-state index < -0.39 is 0 Å². The Bertz CT molecular complexity index is 501. The number of rotatable bonds is 8. The molecule has 116 valence electrons. The van der Waals surface area contributed by atoms with E-state index in [1.165, 1.54) is 18.4 Å². The van der Waals surface area contributed by atoms with Crippen LogP contribution in [0.2, 0.25) is 0 Å². The molecule has 1 aliphatic carbocycles. The van der Waals surface area contributed by atoms with Crippen molar-refractivity contribution < 1.29 is 14.7 Å². The number of nitrogens with zero attached hydrogens (tertiary/aromatic N) is 2. The molecule has 21 heavy (non-hydrogen) atoms. The molecular weight excluding hydrogens is 270 g/mol. The molecule has 0 saturated heterocycles. The van der Waals surface area contributed by atoms with Crippen molar-refractivity contribution in [1.82, 2.24) is 4.90 Å². The number of nitrogens with two attached hydrogens (primary N) is 1. The van der Waals surface area contributed by atoms with Gasteiger partial charge in [-0.25, -0.2) is 0 Å². The summed E-state index contributed by atoms with van der Waals surface area (Å²) in [6.07, 6.45) is 2.99. The van der Waals surface area contributed by atoms with Gasteiger partial charge in [-0.3, -0.25) is 4.90 Å². The molecule has 0 unspecified atom stereocenters. The highest BCUT2D eigenvalue weighted by Crippen LogP contribution is 2.31. The van der Waals surface area contributed by atoms with Gasteiger partial charge in [0.25, 0.3) is 0 Å². The molecule has 0 amide bonds. The largest absolute Gasteiger partial charge is 0.493 e. The Balaban J connectivity index is 2.03. The van der Waals surface area contributed by atoms with E-state index in [2.05, 4.69) is 10.1 Å². The quantitative estimate of drug-likeness (QED) is 0.331. The van der Waals surface area contributed by atoms with Gasteiger partial charge in [-0.2, -0.15) is 0 Å². The van der Waals surface area contributed by atoms with Crippen molar-refractivity contribution in [2.45, 2.75) is 31.8 Å². The maximum atomic E-state index is 8.63. The van der Waals surface area contributed by atoms with E-state index in [-0.39, 0.29) is 5.84 Å². The highest BCUT2D eigenvalue weighted by atomic mass is 16.5. The molecule has 0 aliphatic heterocycles. The van der Waals surface area contributed by atoms with Crippen LogP contribution in [0.4, 0.5) is 0 Å². The van der Waals surface area contributed by atoms with Crippen molar-refractivity contribution in [3.05, 3.63) is 23.8 Å². The second-order valence-corrected chi connectivity index (χ2v) is 5.23. The van der Waals surface area contributed by atoms with Crippen molar-refractivity contribution in [3.63, 3.8) is 0 Å². The van der Waals surface area contributed by atoms with Crippen LogP contribution in [0.15, 0.2) is 23.4 Å². The predicted molar refractivity (Wildman–Crippen MR) is 81.0 cm³/mol. The first-order chi connectivity index (χ1) is 10.2. The molecule has 2 rings (SSSR count). The summed E-state index contributed by atoms with van der Waals surface area (Å²) in [5, 5.41) is 11.7. The highest BCUT2D eigenvalue weighted by molar-refractivity contribution is 5.79. The second-order valence-electron chi connectivity index (χ2n) is 5.23. The average molecular weight is 293 g/mol. The summed E-state index contributed by atoms with van der Waals surface area (Å²) in [7, 11) is 3.27. The molecule has 1 aromatic carbocycles. The number of oxime groups is 1. The molecule has 3 N–H and O–H groups in total. The van der Waals surface area contributed by atoms with Gasteiger partial charge >= 0.3 is 0 Å². The number of benzene rings is 1. The molecule has 0 aromatic heterocycles. The lowest BCUT2D eigenvalue weighted by atomic mass is 10.1. The van der Waals surface area contributed by atoms with Crippen LogP contribution in [0.5, 0.6) is 11.5 Å². The van der Waals surface area contributed by atoms with Crippen LogP contribution in [0.25, 0.3) is 0 Å². The van der Waals surface area contributed by atoms with Crippen molar-refractivity contribution in [2.24, 2.45) is 10.9 Å². The smallest absolute Gasteiger partial charge is 0.161 e. The molecule has 1 fully saturated rings. The molecule has 1 saturated carbocycles. The lowest BCUT2D eigenvalue weighted by Crippen LogP contribution is -2.29. The predicted octanol–water partition coefficient (Wildman–Crippen LogP) is 1.80. The zero-order chi connectivity index (χ0) is 15.2. The topological polar surface area (TPSA) is 80.3 Å². The minimum absolute atomic E-state index is 0.271. The summed E-state index contributed by atoms with van der Waals surface area (Å²) in [6.45, 7) is 1.61. The lowest BCUT2D eigenvalue weighted by Gasteiger charge is -2.22. The van der Waals surface area contributed by atoms with E-state index in [1.54, 1.807) is 14.2 Å². The Morgan fingerprint density at radius 2 is 2.05 bits per heavy atom. The van der Waals surface area contributed by atoms with Crippen LogP contribution in [0.1, 0.15) is 24.8 Å². The van der Waals surface area contributed by atoms with E-state index in [0.29, 0.717) is 12.5 Å². The summed E-state index contributed by atoms with van der Waals surface area (Å²) in [5.41, 5.74) is 6.72. The Kier molecular flexibility index (Phi) is 5.27. The van der Waals surface area contributed by atoms with E-state index in [0.717, 1.165) is 24.6 Å². The van der Waals surface area contributed by atoms with Gasteiger partial charge < -0.3 is 20.4 Å². The van der Waals surface area contributed by atoms with E-state index in [4.69, 9.17) is 20.4 Å². The fourth-order valence-electron chi connectivity index (χ4n) is 2.35. The normalized spacial score (nSPS) is 15.3. The van der Waals surface area contributed by atoms with Gasteiger partial charge in [0, 0.05) is 25.6 Å². The SMILES string of the molecule is COc1ccc(CN(CCC(N)=NO)C2CC2)cc1OC. The van der Waals surface area contributed by atoms with Crippen molar-refractivity contribution in [1.29, 1.82) is 0 Å². The van der Waals surface area contributed by atoms with Gasteiger partial charge in [0.1, 0.15) is 5.84 Å². The van der Waals surface area contributed by atoms with Crippen molar-refractivity contribution >= 4 is 5.84 Å². The number of methoxy groups -OCH3 is 2. The minimum atomic E-state index is 0.271. The fraction of sp³-hybridized carbons (Fsp3) is 0.533. The molecule has 0 heterocycles. The van der Waals surface area contributed by atoms with Crippen LogP contribution in [0.3, 0.4) is 0 Å². The molecule has 0 atom stereocenters. The van der Waals surface area contributed by atoms with Gasteiger partial charge in [-0.15, -0.1) is 0 Å². The van der Waals surface area contributed by atoms with Crippen molar-refractivity contribution in [2.75, 3.05) is 20.8 Å². The molecular formula is C15H23N3O3. The summed E-state index contributed by atoms with van der Waals surface area (Å²) in [6, 6.07) is 6.56. The van der Waals surface area contributed by atoms with Crippen molar-refractivity contribution in [3.8, 4) is 11.5 Å². The van der Waals surface area contributed by atoms with Gasteiger partial charge in [-0.05, 0) is 30.5 Å². The zero-order valence-electron chi connectivity index (χ0n) is 12.6. The molecule has 0 bridgehead atoms.